The zero-order chi connectivity index (χ0) is 12.6. The summed E-state index contributed by atoms with van der Waals surface area (Å²) < 4.78 is 9.79. The number of ether oxygens (including phenoxy) is 2. The number of hydrogen-bond acceptors (Lipinski definition) is 5. The zero-order valence-electron chi connectivity index (χ0n) is 9.98. The smallest absolute Gasteiger partial charge is 0.263 e. The van der Waals surface area contributed by atoms with Gasteiger partial charge in [-0.15, -0.1) is 0 Å². The molecule has 0 saturated heterocycles. The van der Waals surface area contributed by atoms with Crippen LogP contribution in [0.2, 0.25) is 0 Å². The third-order valence-corrected chi connectivity index (χ3v) is 1.71. The molecule has 0 aliphatic rings. The van der Waals surface area contributed by atoms with Gasteiger partial charge in [-0.3, -0.25) is 4.79 Å². The molecule has 0 aliphatic heterocycles. The lowest BCUT2D eigenvalue weighted by Gasteiger charge is -2.14. The summed E-state index contributed by atoms with van der Waals surface area (Å²) in [6, 6.07) is 1.82. The SMILES string of the molecule is COC(CNC(=O)C(C#N)=CN(C)C)OC. The van der Waals surface area contributed by atoms with Gasteiger partial charge in [0.25, 0.3) is 5.91 Å². The van der Waals surface area contributed by atoms with E-state index in [1.54, 1.807) is 19.0 Å². The molecule has 6 nitrogen and oxygen atoms in total. The second kappa shape index (κ2) is 7.68. The van der Waals surface area contributed by atoms with E-state index < -0.39 is 12.2 Å². The van der Waals surface area contributed by atoms with E-state index in [1.165, 1.54) is 20.4 Å². The van der Waals surface area contributed by atoms with Gasteiger partial charge in [0.15, 0.2) is 6.29 Å². The van der Waals surface area contributed by atoms with Crippen molar-refractivity contribution in [3.05, 3.63) is 11.8 Å². The number of nitriles is 1. The molecule has 0 aromatic rings. The Kier molecular flexibility index (Phi) is 6.92. The Bertz CT molecular complexity index is 290. The van der Waals surface area contributed by atoms with Crippen LogP contribution in [0, 0.1) is 11.3 Å². The van der Waals surface area contributed by atoms with Gasteiger partial charge in [0, 0.05) is 34.5 Å². The molecule has 0 saturated carbocycles. The van der Waals surface area contributed by atoms with Crippen LogP contribution in [-0.2, 0) is 14.3 Å². The van der Waals surface area contributed by atoms with Crippen molar-refractivity contribution in [2.75, 3.05) is 34.9 Å². The Balaban J connectivity index is 4.30. The number of methoxy groups -OCH3 is 2. The van der Waals surface area contributed by atoms with Crippen LogP contribution in [0.15, 0.2) is 11.8 Å². The summed E-state index contributed by atoms with van der Waals surface area (Å²) in [6.45, 7) is 0.193. The van der Waals surface area contributed by atoms with Crippen LogP contribution < -0.4 is 5.32 Å². The first-order valence-electron chi connectivity index (χ1n) is 4.67. The van der Waals surface area contributed by atoms with E-state index in [1.807, 2.05) is 6.07 Å². The van der Waals surface area contributed by atoms with Crippen molar-refractivity contribution in [3.63, 3.8) is 0 Å². The molecule has 0 radical (unpaired) electrons. The van der Waals surface area contributed by atoms with Gasteiger partial charge in [-0.25, -0.2) is 0 Å². The number of carbonyl (C=O) groups is 1. The molecule has 1 N–H and O–H groups in total. The quantitative estimate of drug-likeness (QED) is 0.383. The Morgan fingerprint density at radius 2 is 2.06 bits per heavy atom. The summed E-state index contributed by atoms with van der Waals surface area (Å²) in [7, 11) is 6.41. The molecule has 0 heterocycles. The summed E-state index contributed by atoms with van der Waals surface area (Å²) in [5.41, 5.74) is 0.0379. The molecule has 16 heavy (non-hydrogen) atoms. The maximum absolute atomic E-state index is 11.5. The van der Waals surface area contributed by atoms with Crippen molar-refractivity contribution < 1.29 is 14.3 Å². The second-order valence-electron chi connectivity index (χ2n) is 3.23. The predicted molar refractivity (Wildman–Crippen MR) is 58.2 cm³/mol. The second-order valence-corrected chi connectivity index (χ2v) is 3.23. The summed E-state index contributed by atoms with van der Waals surface area (Å²) >= 11 is 0. The molecule has 0 aromatic carbocycles. The third kappa shape index (κ3) is 5.34. The lowest BCUT2D eigenvalue weighted by Crippen LogP contribution is -2.35. The van der Waals surface area contributed by atoms with Crippen molar-refractivity contribution in [3.8, 4) is 6.07 Å². The Morgan fingerprint density at radius 3 is 2.44 bits per heavy atom. The number of amides is 1. The number of rotatable bonds is 6. The number of carbonyl (C=O) groups excluding carboxylic acids is 1. The maximum Gasteiger partial charge on any atom is 0.263 e. The van der Waals surface area contributed by atoms with Crippen molar-refractivity contribution in [1.29, 1.82) is 5.26 Å². The summed E-state index contributed by atoms with van der Waals surface area (Å²) in [4.78, 5) is 13.1. The van der Waals surface area contributed by atoms with Crippen LogP contribution in [0.5, 0.6) is 0 Å². The van der Waals surface area contributed by atoms with Gasteiger partial charge in [0.05, 0.1) is 6.54 Å². The van der Waals surface area contributed by atoms with Gasteiger partial charge in [-0.2, -0.15) is 5.26 Å². The fourth-order valence-electron chi connectivity index (χ4n) is 0.931. The van der Waals surface area contributed by atoms with E-state index in [2.05, 4.69) is 5.32 Å². The van der Waals surface area contributed by atoms with E-state index in [0.29, 0.717) is 0 Å². The first-order valence-corrected chi connectivity index (χ1v) is 4.67. The Hall–Kier alpha value is -1.58. The van der Waals surface area contributed by atoms with Gasteiger partial charge in [0.1, 0.15) is 11.6 Å². The molecule has 0 aromatic heterocycles. The molecule has 90 valence electrons. The summed E-state index contributed by atoms with van der Waals surface area (Å²) in [5.74, 6) is -0.449. The van der Waals surface area contributed by atoms with E-state index in [9.17, 15) is 4.79 Å². The van der Waals surface area contributed by atoms with Crippen molar-refractivity contribution in [2.24, 2.45) is 0 Å². The molecule has 0 rings (SSSR count). The van der Waals surface area contributed by atoms with E-state index in [0.717, 1.165) is 0 Å². The average Bonchev–Trinajstić information content (AvgIpc) is 2.26. The summed E-state index contributed by atoms with van der Waals surface area (Å²) in [6.07, 6.45) is 0.937. The van der Waals surface area contributed by atoms with Gasteiger partial charge >= 0.3 is 0 Å². The monoisotopic (exact) mass is 227 g/mol. The minimum absolute atomic E-state index is 0.0379. The van der Waals surface area contributed by atoms with Crippen LogP contribution >= 0.6 is 0 Å². The average molecular weight is 227 g/mol. The molecule has 0 atom stereocenters. The highest BCUT2D eigenvalue weighted by Crippen LogP contribution is 1.95. The van der Waals surface area contributed by atoms with E-state index in [-0.39, 0.29) is 12.1 Å². The minimum Gasteiger partial charge on any atom is -0.382 e. The standard InChI is InChI=1S/C10H17N3O3/c1-13(2)7-8(5-11)10(14)12-6-9(15-3)16-4/h7,9H,6H2,1-4H3,(H,12,14). The maximum atomic E-state index is 11.5. The van der Waals surface area contributed by atoms with E-state index >= 15 is 0 Å². The minimum atomic E-state index is -0.511. The topological polar surface area (TPSA) is 74.6 Å². The van der Waals surface area contributed by atoms with Crippen LogP contribution in [0.1, 0.15) is 0 Å². The van der Waals surface area contributed by atoms with Gasteiger partial charge in [-0.1, -0.05) is 0 Å². The fraction of sp³-hybridized carbons (Fsp3) is 0.600. The van der Waals surface area contributed by atoms with Gasteiger partial charge < -0.3 is 19.7 Å². The van der Waals surface area contributed by atoms with Gasteiger partial charge in [-0.05, 0) is 0 Å². The van der Waals surface area contributed by atoms with Crippen LogP contribution in [0.3, 0.4) is 0 Å². The van der Waals surface area contributed by atoms with Crippen LogP contribution in [0.25, 0.3) is 0 Å². The predicted octanol–water partition coefficient (Wildman–Crippen LogP) is -0.309. The third-order valence-electron chi connectivity index (χ3n) is 1.71. The van der Waals surface area contributed by atoms with Crippen LogP contribution in [-0.4, -0.2) is 52.0 Å². The van der Waals surface area contributed by atoms with Crippen molar-refractivity contribution >= 4 is 5.91 Å². The van der Waals surface area contributed by atoms with E-state index in [4.69, 9.17) is 14.7 Å². The molecule has 0 fully saturated rings. The molecule has 0 bridgehead atoms. The fourth-order valence-corrected chi connectivity index (χ4v) is 0.931. The molecular weight excluding hydrogens is 210 g/mol. The Labute approximate surface area is 95.4 Å². The van der Waals surface area contributed by atoms with Gasteiger partial charge in [0.2, 0.25) is 0 Å². The van der Waals surface area contributed by atoms with Crippen LogP contribution in [0.4, 0.5) is 0 Å². The highest BCUT2D eigenvalue weighted by atomic mass is 16.7. The van der Waals surface area contributed by atoms with Crippen molar-refractivity contribution in [1.82, 2.24) is 10.2 Å². The number of hydrogen-bond donors (Lipinski definition) is 1. The number of nitrogens with one attached hydrogen (secondary N) is 1. The highest BCUT2D eigenvalue weighted by Gasteiger charge is 2.12. The lowest BCUT2D eigenvalue weighted by atomic mass is 10.3. The Morgan fingerprint density at radius 1 is 1.50 bits per heavy atom. The molecule has 6 heteroatoms. The zero-order valence-corrected chi connectivity index (χ0v) is 9.98. The number of nitrogens with zero attached hydrogens (tertiary/aromatic N) is 2. The molecule has 0 aliphatic carbocycles. The van der Waals surface area contributed by atoms with Crippen molar-refractivity contribution in [2.45, 2.75) is 6.29 Å². The largest absolute Gasteiger partial charge is 0.382 e. The molecule has 1 amide bonds. The summed E-state index contributed by atoms with van der Waals surface area (Å²) in [5, 5.41) is 11.3. The normalized spacial score (nSPS) is 11.1. The molecule has 0 spiro atoms. The first-order chi connectivity index (χ1) is 7.54. The molecular formula is C10H17N3O3. The molecule has 0 unspecified atom stereocenters. The first kappa shape index (κ1) is 14.4. The lowest BCUT2D eigenvalue weighted by molar-refractivity contribution is -0.124. The highest BCUT2D eigenvalue weighted by molar-refractivity contribution is 5.97.